The highest BCUT2D eigenvalue weighted by Gasteiger charge is 2.05. The number of fused-ring (bicyclic) bond motifs is 1. The molecule has 66 valence electrons. The molecular formula is C8H5NO4. The molecule has 1 aromatic carbocycles. The van der Waals surface area contributed by atoms with Gasteiger partial charge in [0.1, 0.15) is 0 Å². The molecule has 1 heterocycles. The number of benzene rings is 1. The molecule has 5 nitrogen and oxygen atoms in total. The van der Waals surface area contributed by atoms with Gasteiger partial charge in [0, 0.05) is 0 Å². The number of hydrogen-bond acceptors (Lipinski definition) is 4. The van der Waals surface area contributed by atoms with E-state index in [1.807, 2.05) is 4.98 Å². The minimum Gasteiger partial charge on any atom is -0.504 e. The van der Waals surface area contributed by atoms with E-state index in [2.05, 4.69) is 4.42 Å². The first-order valence-electron chi connectivity index (χ1n) is 3.53. The summed E-state index contributed by atoms with van der Waals surface area (Å²) in [4.78, 5) is 23.8. The summed E-state index contributed by atoms with van der Waals surface area (Å²) in [6.45, 7) is 0. The number of aromatic nitrogens is 1. The van der Waals surface area contributed by atoms with Crippen molar-refractivity contribution < 1.29 is 9.52 Å². The van der Waals surface area contributed by atoms with Gasteiger partial charge in [-0.15, -0.1) is 0 Å². The summed E-state index contributed by atoms with van der Waals surface area (Å²) < 4.78 is 4.61. The van der Waals surface area contributed by atoms with Gasteiger partial charge in [0.15, 0.2) is 11.3 Å². The lowest BCUT2D eigenvalue weighted by Crippen LogP contribution is -2.17. The topological polar surface area (TPSA) is 83.3 Å². The Labute approximate surface area is 71.3 Å². The van der Waals surface area contributed by atoms with Crippen LogP contribution < -0.4 is 11.3 Å². The van der Waals surface area contributed by atoms with Crippen LogP contribution in [0.15, 0.2) is 32.2 Å². The molecule has 5 heteroatoms. The van der Waals surface area contributed by atoms with Crippen molar-refractivity contribution in [2.24, 2.45) is 0 Å². The number of para-hydroxylation sites is 1. The minimum atomic E-state index is -0.876. The summed E-state index contributed by atoms with van der Waals surface area (Å²) in [5.74, 6) is -1.10. The normalized spacial score (nSPS) is 10.5. The Morgan fingerprint density at radius 2 is 2.08 bits per heavy atom. The molecule has 1 aromatic heterocycles. The van der Waals surface area contributed by atoms with Crippen LogP contribution in [0, 0.1) is 0 Å². The summed E-state index contributed by atoms with van der Waals surface area (Å²) in [6, 6.07) is 4.29. The number of nitrogens with one attached hydrogen (secondary N) is 1. The van der Waals surface area contributed by atoms with Gasteiger partial charge in [-0.3, -0.25) is 9.78 Å². The molecule has 2 N–H and O–H groups in total. The molecule has 0 spiro atoms. The predicted octanol–water partition coefficient (Wildman–Crippen LogP) is 0.187. The van der Waals surface area contributed by atoms with Gasteiger partial charge < -0.3 is 9.52 Å². The number of rotatable bonds is 0. The molecule has 0 amide bonds. The number of phenolic OH excluding ortho intramolecular Hbond substituents is 1. The zero-order chi connectivity index (χ0) is 9.42. The smallest absolute Gasteiger partial charge is 0.419 e. The first-order valence-corrected chi connectivity index (χ1v) is 3.53. The van der Waals surface area contributed by atoms with E-state index < -0.39 is 11.3 Å². The SMILES string of the molecule is O=c1[nH]c(=O)c2cccc(O)c2o1. The maximum absolute atomic E-state index is 11.1. The molecule has 0 saturated heterocycles. The zero-order valence-electron chi connectivity index (χ0n) is 6.40. The fourth-order valence-corrected chi connectivity index (χ4v) is 1.09. The van der Waals surface area contributed by atoms with Crippen molar-refractivity contribution in [3.63, 3.8) is 0 Å². The van der Waals surface area contributed by atoms with Crippen LogP contribution in [0.25, 0.3) is 11.0 Å². The molecule has 2 aromatic rings. The third-order valence-electron chi connectivity index (χ3n) is 1.65. The standard InChI is InChI=1S/C8H5NO4/c10-5-3-1-2-4-6(5)13-8(12)9-7(4)11/h1-3,10H,(H,9,11,12). The van der Waals surface area contributed by atoms with E-state index >= 15 is 0 Å². The Hall–Kier alpha value is -2.04. The van der Waals surface area contributed by atoms with E-state index in [1.54, 1.807) is 0 Å². The Kier molecular flexibility index (Phi) is 1.45. The number of aromatic hydroxyl groups is 1. The van der Waals surface area contributed by atoms with Crippen molar-refractivity contribution in [1.82, 2.24) is 4.98 Å². The highest BCUT2D eigenvalue weighted by Crippen LogP contribution is 2.19. The van der Waals surface area contributed by atoms with E-state index in [0.717, 1.165) is 0 Å². The molecule has 13 heavy (non-hydrogen) atoms. The van der Waals surface area contributed by atoms with E-state index in [-0.39, 0.29) is 16.7 Å². The maximum Gasteiger partial charge on any atom is 0.419 e. The first-order chi connectivity index (χ1) is 6.18. The Morgan fingerprint density at radius 3 is 2.85 bits per heavy atom. The lowest BCUT2D eigenvalue weighted by molar-refractivity contribution is 0.450. The third-order valence-corrected chi connectivity index (χ3v) is 1.65. The lowest BCUT2D eigenvalue weighted by atomic mass is 10.2. The van der Waals surface area contributed by atoms with E-state index in [0.29, 0.717) is 0 Å². The van der Waals surface area contributed by atoms with Crippen LogP contribution in [-0.4, -0.2) is 10.1 Å². The van der Waals surface area contributed by atoms with Crippen LogP contribution in [0.5, 0.6) is 5.75 Å². The molecule has 0 aliphatic heterocycles. The quantitative estimate of drug-likeness (QED) is 0.604. The number of aromatic amines is 1. The molecule has 0 radical (unpaired) electrons. The van der Waals surface area contributed by atoms with E-state index in [9.17, 15) is 14.7 Å². The van der Waals surface area contributed by atoms with E-state index in [1.165, 1.54) is 18.2 Å². The summed E-state index contributed by atoms with van der Waals surface area (Å²) in [6.07, 6.45) is 0. The highest BCUT2D eigenvalue weighted by atomic mass is 16.4. The molecule has 2 rings (SSSR count). The summed E-state index contributed by atoms with van der Waals surface area (Å²) in [7, 11) is 0. The van der Waals surface area contributed by atoms with Crippen molar-refractivity contribution in [1.29, 1.82) is 0 Å². The Bertz CT molecular complexity index is 566. The molecule has 0 aliphatic rings. The van der Waals surface area contributed by atoms with Crippen LogP contribution in [0.2, 0.25) is 0 Å². The number of phenols is 1. The molecule has 0 unspecified atom stereocenters. The van der Waals surface area contributed by atoms with Crippen molar-refractivity contribution >= 4 is 11.0 Å². The summed E-state index contributed by atoms with van der Waals surface area (Å²) in [5.41, 5.74) is -0.654. The van der Waals surface area contributed by atoms with Crippen LogP contribution in [0.3, 0.4) is 0 Å². The largest absolute Gasteiger partial charge is 0.504 e. The van der Waals surface area contributed by atoms with Gasteiger partial charge in [-0.05, 0) is 12.1 Å². The fraction of sp³-hybridized carbons (Fsp3) is 0. The van der Waals surface area contributed by atoms with Gasteiger partial charge in [0.25, 0.3) is 5.56 Å². The summed E-state index contributed by atoms with van der Waals surface area (Å²) in [5, 5.41) is 9.39. The van der Waals surface area contributed by atoms with Crippen molar-refractivity contribution in [2.45, 2.75) is 0 Å². The summed E-state index contributed by atoms with van der Waals surface area (Å²) >= 11 is 0. The van der Waals surface area contributed by atoms with Crippen molar-refractivity contribution in [2.75, 3.05) is 0 Å². The van der Waals surface area contributed by atoms with Gasteiger partial charge in [-0.25, -0.2) is 4.79 Å². The van der Waals surface area contributed by atoms with Crippen molar-refractivity contribution in [3.8, 4) is 5.75 Å². The lowest BCUT2D eigenvalue weighted by Gasteiger charge is -1.95. The minimum absolute atomic E-state index is 0.0868. The van der Waals surface area contributed by atoms with Crippen LogP contribution in [0.1, 0.15) is 0 Å². The molecule has 0 bridgehead atoms. The second-order valence-electron chi connectivity index (χ2n) is 2.50. The third kappa shape index (κ3) is 1.10. The first kappa shape index (κ1) is 7.60. The maximum atomic E-state index is 11.1. The monoisotopic (exact) mass is 179 g/mol. The number of H-pyrrole nitrogens is 1. The molecule has 0 fully saturated rings. The van der Waals surface area contributed by atoms with Gasteiger partial charge in [-0.2, -0.15) is 0 Å². The fourth-order valence-electron chi connectivity index (χ4n) is 1.09. The van der Waals surface area contributed by atoms with E-state index in [4.69, 9.17) is 0 Å². The Morgan fingerprint density at radius 1 is 1.31 bits per heavy atom. The van der Waals surface area contributed by atoms with Gasteiger partial charge in [-0.1, -0.05) is 6.07 Å². The average Bonchev–Trinajstić information content (AvgIpc) is 2.07. The van der Waals surface area contributed by atoms with Gasteiger partial charge in [0.2, 0.25) is 0 Å². The molecule has 0 atom stereocenters. The number of hydrogen-bond donors (Lipinski definition) is 2. The Balaban J connectivity index is 3.12. The highest BCUT2D eigenvalue weighted by molar-refractivity contribution is 5.80. The van der Waals surface area contributed by atoms with Crippen molar-refractivity contribution in [3.05, 3.63) is 39.1 Å². The van der Waals surface area contributed by atoms with Gasteiger partial charge in [0.05, 0.1) is 5.39 Å². The molecular weight excluding hydrogens is 174 g/mol. The van der Waals surface area contributed by atoms with Gasteiger partial charge >= 0.3 is 5.76 Å². The van der Waals surface area contributed by atoms with Crippen LogP contribution >= 0.6 is 0 Å². The van der Waals surface area contributed by atoms with Crippen LogP contribution in [-0.2, 0) is 0 Å². The average molecular weight is 179 g/mol. The van der Waals surface area contributed by atoms with Crippen LogP contribution in [0.4, 0.5) is 0 Å². The zero-order valence-corrected chi connectivity index (χ0v) is 6.40. The second-order valence-corrected chi connectivity index (χ2v) is 2.50. The second kappa shape index (κ2) is 2.48. The predicted molar refractivity (Wildman–Crippen MR) is 44.8 cm³/mol. The molecule has 0 aliphatic carbocycles. The molecule has 0 saturated carbocycles.